The summed E-state index contributed by atoms with van der Waals surface area (Å²) in [6.45, 7) is 1.71. The number of rotatable bonds is 3. The molecule has 1 aromatic heterocycles. The number of nitrogens with zero attached hydrogens (tertiary/aromatic N) is 1. The summed E-state index contributed by atoms with van der Waals surface area (Å²) in [5.41, 5.74) is 3.59. The molecule has 1 aromatic carbocycles. The lowest BCUT2D eigenvalue weighted by molar-refractivity contribution is 0.0953. The molecule has 0 atom stereocenters. The minimum atomic E-state index is -0.331. The molecule has 0 radical (unpaired) electrons. The molecule has 0 saturated heterocycles. The first-order chi connectivity index (χ1) is 9.08. The summed E-state index contributed by atoms with van der Waals surface area (Å²) in [5, 5.41) is 4.74. The molecule has 98 valence electrons. The molecule has 0 aliphatic rings. The molecule has 1 heterocycles. The third-order valence-corrected chi connectivity index (χ3v) is 3.17. The average Bonchev–Trinajstić information content (AvgIpc) is 2.80. The van der Waals surface area contributed by atoms with E-state index in [1.165, 1.54) is 12.5 Å². The molecule has 19 heavy (non-hydrogen) atoms. The third kappa shape index (κ3) is 3.36. The lowest BCUT2D eigenvalue weighted by atomic mass is 10.2. The Balaban J connectivity index is 2.02. The monoisotopic (exact) mass is 296 g/mol. The van der Waals surface area contributed by atoms with Gasteiger partial charge in [-0.15, -0.1) is 0 Å². The summed E-state index contributed by atoms with van der Waals surface area (Å²) < 4.78 is 5.03. The van der Waals surface area contributed by atoms with E-state index in [1.54, 1.807) is 31.2 Å². The van der Waals surface area contributed by atoms with E-state index in [1.807, 2.05) is 0 Å². The van der Waals surface area contributed by atoms with Crippen molar-refractivity contribution in [3.63, 3.8) is 0 Å². The second-order valence-corrected chi connectivity index (χ2v) is 4.58. The first-order valence-electron chi connectivity index (χ1n) is 5.40. The van der Waals surface area contributed by atoms with E-state index >= 15 is 0 Å². The zero-order valence-electron chi connectivity index (χ0n) is 9.98. The number of carbonyl (C=O) groups is 1. The van der Waals surface area contributed by atoms with Crippen molar-refractivity contribution in [3.05, 3.63) is 57.5 Å². The second-order valence-electron chi connectivity index (χ2n) is 3.76. The summed E-state index contributed by atoms with van der Waals surface area (Å²) in [7, 11) is 0. The molecule has 0 spiro atoms. The van der Waals surface area contributed by atoms with Crippen molar-refractivity contribution in [2.75, 3.05) is 0 Å². The molecule has 4 nitrogen and oxygen atoms in total. The van der Waals surface area contributed by atoms with Crippen molar-refractivity contribution >= 4 is 35.3 Å². The Morgan fingerprint density at radius 2 is 2.11 bits per heavy atom. The highest BCUT2D eigenvalue weighted by Gasteiger charge is 2.09. The van der Waals surface area contributed by atoms with Crippen LogP contribution in [-0.4, -0.2) is 12.1 Å². The van der Waals surface area contributed by atoms with Crippen LogP contribution in [0.4, 0.5) is 0 Å². The molecule has 0 unspecified atom stereocenters. The van der Waals surface area contributed by atoms with Gasteiger partial charge in [-0.2, -0.15) is 5.10 Å². The molecule has 0 aliphatic carbocycles. The van der Waals surface area contributed by atoms with Crippen LogP contribution in [0.3, 0.4) is 0 Å². The summed E-state index contributed by atoms with van der Waals surface area (Å²) in [6.07, 6.45) is 2.93. The third-order valence-electron chi connectivity index (χ3n) is 2.43. The van der Waals surface area contributed by atoms with Crippen LogP contribution >= 0.6 is 23.2 Å². The first-order valence-corrected chi connectivity index (χ1v) is 6.16. The topological polar surface area (TPSA) is 54.6 Å². The zero-order chi connectivity index (χ0) is 13.8. The quantitative estimate of drug-likeness (QED) is 0.694. The van der Waals surface area contributed by atoms with Gasteiger partial charge < -0.3 is 4.42 Å². The van der Waals surface area contributed by atoms with Crippen molar-refractivity contribution in [2.45, 2.75) is 6.92 Å². The maximum absolute atomic E-state index is 11.7. The predicted octanol–water partition coefficient (Wildman–Crippen LogP) is 3.66. The highest BCUT2D eigenvalue weighted by Crippen LogP contribution is 2.21. The molecular weight excluding hydrogens is 287 g/mol. The number of furan rings is 1. The van der Waals surface area contributed by atoms with E-state index in [4.69, 9.17) is 27.6 Å². The largest absolute Gasteiger partial charge is 0.469 e. The molecule has 2 rings (SSSR count). The minimum absolute atomic E-state index is 0.331. The Bertz CT molecular complexity index is 635. The normalized spacial score (nSPS) is 10.9. The van der Waals surface area contributed by atoms with E-state index in [0.717, 1.165) is 5.56 Å². The highest BCUT2D eigenvalue weighted by molar-refractivity contribution is 6.42. The van der Waals surface area contributed by atoms with Gasteiger partial charge in [0.25, 0.3) is 5.91 Å². The van der Waals surface area contributed by atoms with Gasteiger partial charge in [-0.3, -0.25) is 4.79 Å². The van der Waals surface area contributed by atoms with Crippen molar-refractivity contribution in [3.8, 4) is 0 Å². The van der Waals surface area contributed by atoms with Crippen LogP contribution in [0.15, 0.2) is 40.0 Å². The molecule has 0 bridgehead atoms. The van der Waals surface area contributed by atoms with Gasteiger partial charge in [-0.1, -0.05) is 29.3 Å². The van der Waals surface area contributed by atoms with Gasteiger partial charge in [0.1, 0.15) is 5.76 Å². The number of amides is 1. The van der Waals surface area contributed by atoms with Crippen LogP contribution < -0.4 is 5.43 Å². The van der Waals surface area contributed by atoms with Gasteiger partial charge in [0.15, 0.2) is 0 Å². The van der Waals surface area contributed by atoms with Gasteiger partial charge >= 0.3 is 0 Å². The Morgan fingerprint density at radius 3 is 2.74 bits per heavy atom. The molecule has 6 heteroatoms. The number of halogens is 2. The van der Waals surface area contributed by atoms with Gasteiger partial charge in [-0.25, -0.2) is 5.43 Å². The SMILES string of the molecule is Cc1occc1C(=O)NN=Cc1ccc(Cl)c(Cl)c1. The number of nitrogens with one attached hydrogen (secondary N) is 1. The second kappa shape index (κ2) is 5.91. The number of carbonyl (C=O) groups excluding carboxylic acids is 1. The van der Waals surface area contributed by atoms with Gasteiger partial charge in [0.05, 0.1) is 28.1 Å². The average molecular weight is 297 g/mol. The molecular formula is C13H10Cl2N2O2. The summed E-state index contributed by atoms with van der Waals surface area (Å²) in [4.78, 5) is 11.7. The van der Waals surface area contributed by atoms with Crippen molar-refractivity contribution in [2.24, 2.45) is 5.10 Å². The van der Waals surface area contributed by atoms with Gasteiger partial charge in [0.2, 0.25) is 0 Å². The molecule has 1 N–H and O–H groups in total. The van der Waals surface area contributed by atoms with Crippen LogP contribution in [-0.2, 0) is 0 Å². The Morgan fingerprint density at radius 1 is 1.32 bits per heavy atom. The number of hydrazone groups is 1. The van der Waals surface area contributed by atoms with E-state index in [9.17, 15) is 4.79 Å². The maximum atomic E-state index is 11.7. The van der Waals surface area contributed by atoms with E-state index in [-0.39, 0.29) is 5.91 Å². The number of aryl methyl sites for hydroxylation is 1. The fourth-order valence-electron chi connectivity index (χ4n) is 1.44. The first kappa shape index (κ1) is 13.6. The lowest BCUT2D eigenvalue weighted by Gasteiger charge is -1.99. The van der Waals surface area contributed by atoms with Crippen LogP contribution in [0.1, 0.15) is 21.7 Å². The predicted molar refractivity (Wildman–Crippen MR) is 75.0 cm³/mol. The Labute approximate surface area is 120 Å². The van der Waals surface area contributed by atoms with Crippen LogP contribution in [0.25, 0.3) is 0 Å². The van der Waals surface area contributed by atoms with Crippen LogP contribution in [0.5, 0.6) is 0 Å². The number of benzene rings is 1. The molecule has 0 fully saturated rings. The van der Waals surface area contributed by atoms with Gasteiger partial charge in [0, 0.05) is 0 Å². The van der Waals surface area contributed by atoms with E-state index in [2.05, 4.69) is 10.5 Å². The fraction of sp³-hybridized carbons (Fsp3) is 0.0769. The Hall–Kier alpha value is -1.78. The fourth-order valence-corrected chi connectivity index (χ4v) is 1.75. The highest BCUT2D eigenvalue weighted by atomic mass is 35.5. The minimum Gasteiger partial charge on any atom is -0.469 e. The van der Waals surface area contributed by atoms with Crippen molar-refractivity contribution < 1.29 is 9.21 Å². The Kier molecular flexibility index (Phi) is 4.24. The smallest absolute Gasteiger partial charge is 0.274 e. The lowest BCUT2D eigenvalue weighted by Crippen LogP contribution is -2.17. The molecule has 1 amide bonds. The van der Waals surface area contributed by atoms with Crippen molar-refractivity contribution in [1.29, 1.82) is 0 Å². The summed E-state index contributed by atoms with van der Waals surface area (Å²) >= 11 is 11.7. The summed E-state index contributed by atoms with van der Waals surface area (Å²) in [5.74, 6) is 0.213. The van der Waals surface area contributed by atoms with E-state index in [0.29, 0.717) is 21.4 Å². The van der Waals surface area contributed by atoms with Gasteiger partial charge in [-0.05, 0) is 30.7 Å². The van der Waals surface area contributed by atoms with E-state index < -0.39 is 0 Å². The van der Waals surface area contributed by atoms with Crippen molar-refractivity contribution in [1.82, 2.24) is 5.43 Å². The molecule has 0 saturated carbocycles. The number of hydrogen-bond donors (Lipinski definition) is 1. The van der Waals surface area contributed by atoms with Crippen LogP contribution in [0.2, 0.25) is 10.0 Å². The maximum Gasteiger partial charge on any atom is 0.274 e. The standard InChI is InChI=1S/C13H10Cl2N2O2/c1-8-10(4-5-19-8)13(18)17-16-7-9-2-3-11(14)12(15)6-9/h2-7H,1H3,(H,17,18). The number of hydrogen-bond acceptors (Lipinski definition) is 3. The molecule has 0 aliphatic heterocycles. The van der Waals surface area contributed by atoms with Crippen LogP contribution in [0, 0.1) is 6.92 Å². The summed E-state index contributed by atoms with van der Waals surface area (Å²) in [6, 6.07) is 6.64. The zero-order valence-corrected chi connectivity index (χ0v) is 11.5. The molecule has 2 aromatic rings.